The van der Waals surface area contributed by atoms with Crippen molar-refractivity contribution in [3.8, 4) is 0 Å². The van der Waals surface area contributed by atoms with Gasteiger partial charge in [0.1, 0.15) is 12.4 Å². The third-order valence-corrected chi connectivity index (χ3v) is 2.72. The summed E-state index contributed by atoms with van der Waals surface area (Å²) in [5.74, 6) is 0.589. The molecule has 1 aromatic carbocycles. The predicted molar refractivity (Wildman–Crippen MR) is 65.6 cm³/mol. The lowest BCUT2D eigenvalue weighted by Gasteiger charge is -2.04. The van der Waals surface area contributed by atoms with Crippen LogP contribution in [0, 0.1) is 5.82 Å². The number of benzene rings is 1. The molecule has 1 heterocycles. The van der Waals surface area contributed by atoms with Gasteiger partial charge in [-0.25, -0.2) is 9.38 Å². The van der Waals surface area contributed by atoms with E-state index in [9.17, 15) is 4.39 Å². The summed E-state index contributed by atoms with van der Waals surface area (Å²) >= 11 is 0. The van der Waals surface area contributed by atoms with E-state index in [0.29, 0.717) is 13.2 Å². The van der Waals surface area contributed by atoms with Crippen molar-refractivity contribution in [3.05, 3.63) is 35.6 Å². The summed E-state index contributed by atoms with van der Waals surface area (Å²) in [4.78, 5) is 4.47. The van der Waals surface area contributed by atoms with Gasteiger partial charge < -0.3 is 10.5 Å². The summed E-state index contributed by atoms with van der Waals surface area (Å²) in [5, 5.41) is 0. The van der Waals surface area contributed by atoms with Crippen LogP contribution in [0.5, 0.6) is 0 Å². The molecule has 0 aliphatic carbocycles. The van der Waals surface area contributed by atoms with Crippen LogP contribution in [0.15, 0.2) is 29.3 Å². The van der Waals surface area contributed by atoms with Gasteiger partial charge in [0, 0.05) is 6.42 Å². The van der Waals surface area contributed by atoms with E-state index in [0.717, 1.165) is 30.7 Å². The van der Waals surface area contributed by atoms with Crippen LogP contribution in [0.25, 0.3) is 0 Å². The van der Waals surface area contributed by atoms with Crippen LogP contribution in [0.4, 0.5) is 4.39 Å². The molecule has 3 nitrogen and oxygen atoms in total. The molecule has 0 amide bonds. The Labute approximate surface area is 100 Å². The summed E-state index contributed by atoms with van der Waals surface area (Å²) in [7, 11) is 0. The molecule has 17 heavy (non-hydrogen) atoms. The highest BCUT2D eigenvalue weighted by atomic mass is 19.1. The van der Waals surface area contributed by atoms with Crippen molar-refractivity contribution >= 4 is 5.90 Å². The highest BCUT2D eigenvalue weighted by molar-refractivity contribution is 5.77. The van der Waals surface area contributed by atoms with Crippen molar-refractivity contribution in [2.75, 3.05) is 13.2 Å². The Morgan fingerprint density at radius 1 is 1.47 bits per heavy atom. The lowest BCUT2D eigenvalue weighted by atomic mass is 10.1. The molecule has 2 rings (SSSR count). The Hall–Kier alpha value is -1.42. The molecule has 0 bridgehead atoms. The Balaban J connectivity index is 1.90. The molecular weight excluding hydrogens is 219 g/mol. The molecule has 0 spiro atoms. The minimum atomic E-state index is -0.200. The number of halogens is 1. The Morgan fingerprint density at radius 3 is 3.12 bits per heavy atom. The molecule has 0 saturated carbocycles. The smallest absolute Gasteiger partial charge is 0.183 e. The number of aliphatic imine (C=N–C) groups is 1. The van der Waals surface area contributed by atoms with Gasteiger partial charge in [-0.15, -0.1) is 0 Å². The molecule has 1 aromatic rings. The maximum Gasteiger partial charge on any atom is 0.183 e. The first-order chi connectivity index (χ1) is 8.28. The molecule has 1 aliphatic rings. The zero-order chi connectivity index (χ0) is 12.1. The SMILES string of the molecule is NCCCC1=NC(Cc2cccc(F)c2)CO1. The first-order valence-corrected chi connectivity index (χ1v) is 5.92. The zero-order valence-electron chi connectivity index (χ0n) is 9.73. The van der Waals surface area contributed by atoms with E-state index in [4.69, 9.17) is 10.5 Å². The van der Waals surface area contributed by atoms with Crippen LogP contribution in [0.3, 0.4) is 0 Å². The van der Waals surface area contributed by atoms with Crippen LogP contribution in [0.2, 0.25) is 0 Å². The van der Waals surface area contributed by atoms with E-state index in [-0.39, 0.29) is 11.9 Å². The highest BCUT2D eigenvalue weighted by Crippen LogP contribution is 2.14. The van der Waals surface area contributed by atoms with Crippen LogP contribution >= 0.6 is 0 Å². The Bertz CT molecular complexity index is 406. The topological polar surface area (TPSA) is 47.6 Å². The maximum atomic E-state index is 13.0. The van der Waals surface area contributed by atoms with Crippen molar-refractivity contribution < 1.29 is 9.13 Å². The second kappa shape index (κ2) is 5.77. The van der Waals surface area contributed by atoms with Crippen molar-refractivity contribution in [2.24, 2.45) is 10.7 Å². The Morgan fingerprint density at radius 2 is 2.35 bits per heavy atom. The van der Waals surface area contributed by atoms with Gasteiger partial charge in [-0.3, -0.25) is 0 Å². The molecule has 1 unspecified atom stereocenters. The van der Waals surface area contributed by atoms with Gasteiger partial charge in [0.15, 0.2) is 5.90 Å². The number of ether oxygens (including phenoxy) is 1. The van der Waals surface area contributed by atoms with Gasteiger partial charge in [-0.05, 0) is 37.1 Å². The van der Waals surface area contributed by atoms with Gasteiger partial charge in [0.25, 0.3) is 0 Å². The van der Waals surface area contributed by atoms with Crippen LogP contribution in [0.1, 0.15) is 18.4 Å². The van der Waals surface area contributed by atoms with E-state index in [2.05, 4.69) is 4.99 Å². The summed E-state index contributed by atoms with van der Waals surface area (Å²) in [6, 6.07) is 6.75. The van der Waals surface area contributed by atoms with Crippen molar-refractivity contribution in [2.45, 2.75) is 25.3 Å². The van der Waals surface area contributed by atoms with Gasteiger partial charge in [-0.1, -0.05) is 12.1 Å². The molecule has 1 atom stereocenters. The van der Waals surface area contributed by atoms with E-state index in [1.54, 1.807) is 12.1 Å². The molecule has 0 saturated heterocycles. The number of hydrogen-bond acceptors (Lipinski definition) is 3. The summed E-state index contributed by atoms with van der Waals surface area (Å²) in [5.41, 5.74) is 6.39. The maximum absolute atomic E-state index is 13.0. The fourth-order valence-electron chi connectivity index (χ4n) is 1.90. The fraction of sp³-hybridized carbons (Fsp3) is 0.462. The first-order valence-electron chi connectivity index (χ1n) is 5.92. The third-order valence-electron chi connectivity index (χ3n) is 2.72. The van der Waals surface area contributed by atoms with Crippen LogP contribution in [-0.2, 0) is 11.2 Å². The third kappa shape index (κ3) is 3.53. The average Bonchev–Trinajstić information content (AvgIpc) is 2.74. The van der Waals surface area contributed by atoms with Crippen molar-refractivity contribution in [1.29, 1.82) is 0 Å². The lowest BCUT2D eigenvalue weighted by molar-refractivity contribution is 0.308. The summed E-state index contributed by atoms with van der Waals surface area (Å²) in [6.07, 6.45) is 2.42. The quantitative estimate of drug-likeness (QED) is 0.848. The average molecular weight is 236 g/mol. The minimum absolute atomic E-state index is 0.115. The number of rotatable bonds is 5. The number of nitrogens with zero attached hydrogens (tertiary/aromatic N) is 1. The van der Waals surface area contributed by atoms with Crippen molar-refractivity contribution in [3.63, 3.8) is 0 Å². The van der Waals surface area contributed by atoms with Gasteiger partial charge in [-0.2, -0.15) is 0 Å². The normalized spacial score (nSPS) is 18.9. The number of nitrogens with two attached hydrogens (primary N) is 1. The van der Waals surface area contributed by atoms with Crippen molar-refractivity contribution in [1.82, 2.24) is 0 Å². The molecule has 0 aromatic heterocycles. The standard InChI is InChI=1S/C13H17FN2O/c14-11-4-1-3-10(7-11)8-12-9-17-13(16-12)5-2-6-15/h1,3-4,7,12H,2,5-6,8-9,15H2. The largest absolute Gasteiger partial charge is 0.479 e. The molecule has 1 aliphatic heterocycles. The molecular formula is C13H17FN2O. The molecule has 2 N–H and O–H groups in total. The molecule has 4 heteroatoms. The second-order valence-electron chi connectivity index (χ2n) is 4.21. The highest BCUT2D eigenvalue weighted by Gasteiger charge is 2.18. The first kappa shape index (κ1) is 12.0. The minimum Gasteiger partial charge on any atom is -0.479 e. The van der Waals surface area contributed by atoms with Gasteiger partial charge in [0.05, 0.1) is 6.04 Å². The molecule has 0 radical (unpaired) electrons. The Kier molecular flexibility index (Phi) is 4.09. The number of hydrogen-bond donors (Lipinski definition) is 1. The predicted octanol–water partition coefficient (Wildman–Crippen LogP) is 1.90. The van der Waals surface area contributed by atoms with E-state index >= 15 is 0 Å². The summed E-state index contributed by atoms with van der Waals surface area (Å²) < 4.78 is 18.5. The van der Waals surface area contributed by atoms with E-state index in [1.165, 1.54) is 6.07 Å². The summed E-state index contributed by atoms with van der Waals surface area (Å²) in [6.45, 7) is 1.24. The monoisotopic (exact) mass is 236 g/mol. The second-order valence-corrected chi connectivity index (χ2v) is 4.21. The zero-order valence-corrected chi connectivity index (χ0v) is 9.73. The fourth-order valence-corrected chi connectivity index (χ4v) is 1.90. The molecule has 0 fully saturated rings. The van der Waals surface area contributed by atoms with Gasteiger partial charge >= 0.3 is 0 Å². The van der Waals surface area contributed by atoms with Gasteiger partial charge in [0.2, 0.25) is 0 Å². The lowest BCUT2D eigenvalue weighted by Crippen LogP contribution is -2.10. The van der Waals surface area contributed by atoms with Crippen LogP contribution in [-0.4, -0.2) is 25.1 Å². The molecule has 92 valence electrons. The van der Waals surface area contributed by atoms with E-state index < -0.39 is 0 Å². The van der Waals surface area contributed by atoms with E-state index in [1.807, 2.05) is 6.07 Å². The van der Waals surface area contributed by atoms with Crippen LogP contribution < -0.4 is 5.73 Å².